The van der Waals surface area contributed by atoms with E-state index in [1.165, 1.54) is 16.8 Å². The van der Waals surface area contributed by atoms with E-state index in [-0.39, 0.29) is 6.61 Å². The molecule has 1 N–H and O–H groups in total. The molecule has 2 aliphatic heterocycles. The summed E-state index contributed by atoms with van der Waals surface area (Å²) >= 11 is 0. The van der Waals surface area contributed by atoms with Crippen LogP contribution in [0.2, 0.25) is 0 Å². The molecular formula is C20H27N3O2. The number of aliphatic hydroxyl groups excluding tert-OH is 1. The molecule has 0 saturated heterocycles. The van der Waals surface area contributed by atoms with E-state index in [9.17, 15) is 5.11 Å². The third-order valence-corrected chi connectivity index (χ3v) is 5.53. The molecule has 1 aromatic carbocycles. The Morgan fingerprint density at radius 2 is 2.20 bits per heavy atom. The van der Waals surface area contributed by atoms with E-state index in [1.807, 2.05) is 6.07 Å². The molecule has 0 amide bonds. The number of nitrogens with zero attached hydrogens (tertiary/aromatic N) is 3. The van der Waals surface area contributed by atoms with Crippen LogP contribution in [0.1, 0.15) is 35.9 Å². The minimum absolute atomic E-state index is 0.0355. The van der Waals surface area contributed by atoms with Crippen molar-refractivity contribution >= 4 is 0 Å². The highest BCUT2D eigenvalue weighted by atomic mass is 16.5. The molecule has 5 nitrogen and oxygen atoms in total. The van der Waals surface area contributed by atoms with Gasteiger partial charge in [-0.05, 0) is 37.3 Å². The van der Waals surface area contributed by atoms with Crippen molar-refractivity contribution in [2.24, 2.45) is 5.92 Å². The predicted octanol–water partition coefficient (Wildman–Crippen LogP) is 2.39. The van der Waals surface area contributed by atoms with E-state index in [0.717, 1.165) is 63.5 Å². The second-order valence-electron chi connectivity index (χ2n) is 7.15. The maximum absolute atomic E-state index is 9.65. The molecule has 3 heterocycles. The average molecular weight is 341 g/mol. The Balaban J connectivity index is 1.47. The molecule has 1 unspecified atom stereocenters. The first-order valence-corrected chi connectivity index (χ1v) is 9.39. The number of hydrogen-bond acceptors (Lipinski definition) is 4. The van der Waals surface area contributed by atoms with Gasteiger partial charge in [-0.25, -0.2) is 0 Å². The van der Waals surface area contributed by atoms with Crippen LogP contribution in [-0.2, 0) is 32.5 Å². The molecule has 4 rings (SSSR count). The van der Waals surface area contributed by atoms with E-state index in [4.69, 9.17) is 4.74 Å². The second kappa shape index (κ2) is 7.18. The fourth-order valence-electron chi connectivity index (χ4n) is 4.25. The Morgan fingerprint density at radius 3 is 3.04 bits per heavy atom. The smallest absolute Gasteiger partial charge is 0.122 e. The van der Waals surface area contributed by atoms with Crippen molar-refractivity contribution in [3.05, 3.63) is 46.8 Å². The molecule has 5 heteroatoms. The topological polar surface area (TPSA) is 50.5 Å². The third-order valence-electron chi connectivity index (χ3n) is 5.53. The molecule has 0 fully saturated rings. The molecule has 2 aliphatic rings. The minimum atomic E-state index is 0.0355. The van der Waals surface area contributed by atoms with Gasteiger partial charge in [0.1, 0.15) is 5.75 Å². The van der Waals surface area contributed by atoms with Gasteiger partial charge in [-0.15, -0.1) is 0 Å². The van der Waals surface area contributed by atoms with Crippen LogP contribution in [0.4, 0.5) is 0 Å². The quantitative estimate of drug-likeness (QED) is 0.928. The van der Waals surface area contributed by atoms with Crippen LogP contribution in [-0.4, -0.2) is 39.5 Å². The summed E-state index contributed by atoms with van der Waals surface area (Å²) in [6.07, 6.45) is 3.20. The zero-order valence-corrected chi connectivity index (χ0v) is 14.9. The molecule has 1 atom stereocenters. The zero-order valence-electron chi connectivity index (χ0n) is 14.9. The number of aromatic nitrogens is 2. The van der Waals surface area contributed by atoms with Gasteiger partial charge in [0.25, 0.3) is 0 Å². The summed E-state index contributed by atoms with van der Waals surface area (Å²) in [5.74, 6) is 1.67. The number of rotatable bonds is 4. The summed E-state index contributed by atoms with van der Waals surface area (Å²) in [7, 11) is 0. The maximum Gasteiger partial charge on any atom is 0.122 e. The maximum atomic E-state index is 9.65. The number of para-hydroxylation sites is 1. The normalized spacial score (nSPS) is 20.5. The minimum Gasteiger partial charge on any atom is -0.493 e. The first kappa shape index (κ1) is 16.6. The highest BCUT2D eigenvalue weighted by molar-refractivity contribution is 5.34. The number of ether oxygens (including phenoxy) is 1. The molecule has 134 valence electrons. The first-order valence-electron chi connectivity index (χ1n) is 9.39. The van der Waals surface area contributed by atoms with Crippen LogP contribution in [0.3, 0.4) is 0 Å². The Bertz CT molecular complexity index is 741. The van der Waals surface area contributed by atoms with Crippen molar-refractivity contribution in [1.29, 1.82) is 0 Å². The summed E-state index contributed by atoms with van der Waals surface area (Å²) in [6.45, 7) is 6.89. The zero-order chi connectivity index (χ0) is 17.2. The van der Waals surface area contributed by atoms with Crippen LogP contribution >= 0.6 is 0 Å². The van der Waals surface area contributed by atoms with Crippen molar-refractivity contribution in [3.63, 3.8) is 0 Å². The first-order chi connectivity index (χ1) is 12.3. The summed E-state index contributed by atoms with van der Waals surface area (Å²) in [6, 6.07) is 8.42. The lowest BCUT2D eigenvalue weighted by Crippen LogP contribution is -2.36. The lowest BCUT2D eigenvalue weighted by molar-refractivity contribution is 0.192. The van der Waals surface area contributed by atoms with E-state index in [2.05, 4.69) is 39.8 Å². The van der Waals surface area contributed by atoms with E-state index in [1.54, 1.807) is 0 Å². The molecule has 0 radical (unpaired) electrons. The lowest BCUT2D eigenvalue weighted by Gasteiger charge is -2.30. The van der Waals surface area contributed by atoms with Gasteiger partial charge in [-0.3, -0.25) is 9.58 Å². The molecule has 0 aliphatic carbocycles. The number of hydrogen-bond donors (Lipinski definition) is 1. The van der Waals surface area contributed by atoms with Crippen LogP contribution in [0.25, 0.3) is 0 Å². The monoisotopic (exact) mass is 341 g/mol. The summed E-state index contributed by atoms with van der Waals surface area (Å²) in [5, 5.41) is 14.2. The largest absolute Gasteiger partial charge is 0.493 e. The van der Waals surface area contributed by atoms with Gasteiger partial charge < -0.3 is 9.84 Å². The van der Waals surface area contributed by atoms with Gasteiger partial charge >= 0.3 is 0 Å². The standard InChI is InChI=1S/C20H27N3O2/c1-2-23-19-7-9-22(13-17(19)18(14-24)21-23)12-15-8-10-25-20-6-4-3-5-16(20)11-15/h3-6,15,24H,2,7-14H2,1H3. The van der Waals surface area contributed by atoms with E-state index >= 15 is 0 Å². The van der Waals surface area contributed by atoms with Crippen molar-refractivity contribution < 1.29 is 9.84 Å². The van der Waals surface area contributed by atoms with Crippen LogP contribution in [0, 0.1) is 5.92 Å². The predicted molar refractivity (Wildman–Crippen MR) is 96.6 cm³/mol. The van der Waals surface area contributed by atoms with Gasteiger partial charge in [0.2, 0.25) is 0 Å². The fraction of sp³-hybridized carbons (Fsp3) is 0.550. The van der Waals surface area contributed by atoms with E-state index in [0.29, 0.717) is 5.92 Å². The van der Waals surface area contributed by atoms with Gasteiger partial charge in [-0.2, -0.15) is 5.10 Å². The molecular weight excluding hydrogens is 314 g/mol. The summed E-state index contributed by atoms with van der Waals surface area (Å²) < 4.78 is 7.98. The van der Waals surface area contributed by atoms with Gasteiger partial charge in [0.05, 0.1) is 18.9 Å². The number of aryl methyl sites for hydroxylation is 1. The highest BCUT2D eigenvalue weighted by Gasteiger charge is 2.26. The lowest BCUT2D eigenvalue weighted by atomic mass is 9.95. The van der Waals surface area contributed by atoms with Gasteiger partial charge in [0.15, 0.2) is 0 Å². The summed E-state index contributed by atoms with van der Waals surface area (Å²) in [5.41, 5.74) is 4.76. The van der Waals surface area contributed by atoms with Crippen molar-refractivity contribution in [1.82, 2.24) is 14.7 Å². The van der Waals surface area contributed by atoms with Crippen molar-refractivity contribution in [2.75, 3.05) is 19.7 Å². The Kier molecular flexibility index (Phi) is 4.77. The third kappa shape index (κ3) is 3.31. The molecule has 25 heavy (non-hydrogen) atoms. The molecule has 0 saturated carbocycles. The highest BCUT2D eigenvalue weighted by Crippen LogP contribution is 2.29. The molecule has 0 bridgehead atoms. The van der Waals surface area contributed by atoms with Crippen LogP contribution < -0.4 is 4.74 Å². The van der Waals surface area contributed by atoms with Crippen LogP contribution in [0.15, 0.2) is 24.3 Å². The average Bonchev–Trinajstić information content (AvgIpc) is 2.86. The number of fused-ring (bicyclic) bond motifs is 2. The Morgan fingerprint density at radius 1 is 1.32 bits per heavy atom. The second-order valence-corrected chi connectivity index (χ2v) is 7.15. The fourth-order valence-corrected chi connectivity index (χ4v) is 4.25. The molecule has 0 spiro atoms. The van der Waals surface area contributed by atoms with Gasteiger partial charge in [-0.1, -0.05) is 18.2 Å². The van der Waals surface area contributed by atoms with Crippen LogP contribution in [0.5, 0.6) is 5.75 Å². The SMILES string of the molecule is CCn1nc(CO)c2c1CCN(CC1CCOc3ccccc3C1)C2. The van der Waals surface area contributed by atoms with Gasteiger partial charge in [0, 0.05) is 43.9 Å². The Labute approximate surface area is 149 Å². The van der Waals surface area contributed by atoms with Crippen molar-refractivity contribution in [3.8, 4) is 5.75 Å². The van der Waals surface area contributed by atoms with E-state index < -0.39 is 0 Å². The Hall–Kier alpha value is -1.85. The molecule has 2 aromatic rings. The number of benzene rings is 1. The number of aliphatic hydroxyl groups is 1. The summed E-state index contributed by atoms with van der Waals surface area (Å²) in [4.78, 5) is 2.53. The van der Waals surface area contributed by atoms with Crippen molar-refractivity contribution in [2.45, 2.75) is 45.9 Å². The molecule has 1 aromatic heterocycles.